The minimum atomic E-state index is -3.40. The average Bonchev–Trinajstić information content (AvgIpc) is 2.71. The van der Waals surface area contributed by atoms with Gasteiger partial charge in [-0.15, -0.1) is 0 Å². The molecule has 5 nitrogen and oxygen atoms in total. The van der Waals surface area contributed by atoms with Crippen LogP contribution in [0.25, 0.3) is 0 Å². The summed E-state index contributed by atoms with van der Waals surface area (Å²) in [5, 5.41) is 0. The lowest BCUT2D eigenvalue weighted by Crippen LogP contribution is -2.32. The molecule has 1 aromatic heterocycles. The van der Waals surface area contributed by atoms with Gasteiger partial charge in [0.15, 0.2) is 0 Å². The monoisotopic (exact) mass is 259 g/mol. The second-order valence-electron chi connectivity index (χ2n) is 4.27. The van der Waals surface area contributed by atoms with E-state index in [9.17, 15) is 8.42 Å². The predicted molar refractivity (Wildman–Crippen MR) is 68.1 cm³/mol. The van der Waals surface area contributed by atoms with Crippen molar-refractivity contribution in [3.63, 3.8) is 0 Å². The third-order valence-electron chi connectivity index (χ3n) is 2.91. The van der Waals surface area contributed by atoms with Crippen LogP contribution in [-0.2, 0) is 23.1 Å². The summed E-state index contributed by atoms with van der Waals surface area (Å²) in [6, 6.07) is 1.59. The molecule has 0 radical (unpaired) electrons. The first kappa shape index (κ1) is 14.2. The maximum Gasteiger partial charge on any atom is 0.244 e. The Bertz CT molecular complexity index is 455. The number of hydrogen-bond donors (Lipinski definition) is 1. The van der Waals surface area contributed by atoms with Gasteiger partial charge in [-0.25, -0.2) is 8.42 Å². The molecular formula is C11H21N3O2S. The number of rotatable bonds is 5. The van der Waals surface area contributed by atoms with Gasteiger partial charge < -0.3 is 10.3 Å². The Morgan fingerprint density at radius 3 is 2.41 bits per heavy atom. The molecule has 1 heterocycles. The molecule has 0 amide bonds. The van der Waals surface area contributed by atoms with Gasteiger partial charge in [-0.05, 0) is 26.8 Å². The topological polar surface area (TPSA) is 68.3 Å². The molecule has 17 heavy (non-hydrogen) atoms. The molecule has 2 N–H and O–H groups in total. The number of aryl methyl sites for hydroxylation is 1. The Morgan fingerprint density at radius 2 is 2.06 bits per heavy atom. The summed E-state index contributed by atoms with van der Waals surface area (Å²) >= 11 is 0. The molecule has 0 atom stereocenters. The van der Waals surface area contributed by atoms with E-state index in [-0.39, 0.29) is 6.04 Å². The van der Waals surface area contributed by atoms with Gasteiger partial charge in [0.2, 0.25) is 10.0 Å². The zero-order valence-electron chi connectivity index (χ0n) is 10.8. The van der Waals surface area contributed by atoms with E-state index in [1.807, 2.05) is 25.3 Å². The van der Waals surface area contributed by atoms with Crippen LogP contribution in [0.5, 0.6) is 0 Å². The summed E-state index contributed by atoms with van der Waals surface area (Å²) in [5.41, 5.74) is 6.43. The molecule has 0 fully saturated rings. The van der Waals surface area contributed by atoms with Crippen molar-refractivity contribution in [2.24, 2.45) is 5.73 Å². The molecule has 1 aromatic rings. The maximum absolute atomic E-state index is 12.2. The van der Waals surface area contributed by atoms with E-state index in [2.05, 4.69) is 0 Å². The molecular weight excluding hydrogens is 238 g/mol. The zero-order chi connectivity index (χ0) is 13.2. The molecule has 0 bridgehead atoms. The predicted octanol–water partition coefficient (Wildman–Crippen LogP) is 0.996. The lowest BCUT2D eigenvalue weighted by atomic mass is 10.4. The summed E-state index contributed by atoms with van der Waals surface area (Å²) in [6.45, 7) is 6.71. The van der Waals surface area contributed by atoms with Crippen LogP contribution in [0.1, 0.15) is 26.5 Å². The fourth-order valence-electron chi connectivity index (χ4n) is 1.58. The van der Waals surface area contributed by atoms with Gasteiger partial charge in [0.25, 0.3) is 0 Å². The van der Waals surface area contributed by atoms with Crippen molar-refractivity contribution in [3.05, 3.63) is 18.0 Å². The molecule has 1 rings (SSSR count). The summed E-state index contributed by atoms with van der Waals surface area (Å²) < 4.78 is 27.7. The molecule has 0 aromatic carbocycles. The van der Waals surface area contributed by atoms with Crippen LogP contribution in [0, 0.1) is 0 Å². The summed E-state index contributed by atoms with van der Waals surface area (Å²) in [6.07, 6.45) is 1.65. The van der Waals surface area contributed by atoms with Crippen LogP contribution < -0.4 is 5.73 Å². The standard InChI is InChI=1S/C11H21N3O2S/c1-5-14-8-11(6-10(14)7-12)17(15,16)13(4)9(2)3/h6,8-9H,5,7,12H2,1-4H3. The Balaban J connectivity index is 3.20. The number of sulfonamides is 1. The van der Waals surface area contributed by atoms with Crippen molar-refractivity contribution in [1.82, 2.24) is 8.87 Å². The lowest BCUT2D eigenvalue weighted by Gasteiger charge is -2.19. The van der Waals surface area contributed by atoms with Gasteiger partial charge in [0.05, 0.1) is 0 Å². The molecule has 0 unspecified atom stereocenters. The van der Waals surface area contributed by atoms with E-state index < -0.39 is 10.0 Å². The van der Waals surface area contributed by atoms with Crippen molar-refractivity contribution >= 4 is 10.0 Å². The van der Waals surface area contributed by atoms with Crippen molar-refractivity contribution < 1.29 is 8.42 Å². The fraction of sp³-hybridized carbons (Fsp3) is 0.636. The second kappa shape index (κ2) is 5.20. The minimum Gasteiger partial charge on any atom is -0.349 e. The Labute approximate surface area is 103 Å². The van der Waals surface area contributed by atoms with E-state index in [1.165, 1.54) is 4.31 Å². The van der Waals surface area contributed by atoms with Gasteiger partial charge in [0, 0.05) is 38.1 Å². The Hall–Kier alpha value is -0.850. The third kappa shape index (κ3) is 2.70. The van der Waals surface area contributed by atoms with E-state index in [0.717, 1.165) is 5.69 Å². The Kier molecular flexibility index (Phi) is 4.35. The van der Waals surface area contributed by atoms with Gasteiger partial charge >= 0.3 is 0 Å². The van der Waals surface area contributed by atoms with Crippen molar-refractivity contribution in [2.45, 2.75) is 44.8 Å². The van der Waals surface area contributed by atoms with Gasteiger partial charge in [-0.1, -0.05) is 0 Å². The van der Waals surface area contributed by atoms with E-state index in [0.29, 0.717) is 18.0 Å². The first-order chi connectivity index (χ1) is 7.84. The van der Waals surface area contributed by atoms with Crippen molar-refractivity contribution in [3.8, 4) is 0 Å². The first-order valence-electron chi connectivity index (χ1n) is 5.71. The van der Waals surface area contributed by atoms with Crippen LogP contribution >= 0.6 is 0 Å². The summed E-state index contributed by atoms with van der Waals surface area (Å²) in [5.74, 6) is 0. The van der Waals surface area contributed by atoms with Crippen LogP contribution in [0.4, 0.5) is 0 Å². The molecule has 98 valence electrons. The molecule has 0 saturated carbocycles. The van der Waals surface area contributed by atoms with Gasteiger partial charge in [-0.2, -0.15) is 4.31 Å². The highest BCUT2D eigenvalue weighted by atomic mass is 32.2. The molecule has 0 aliphatic carbocycles. The van der Waals surface area contributed by atoms with Crippen LogP contribution in [0.2, 0.25) is 0 Å². The second-order valence-corrected chi connectivity index (χ2v) is 6.27. The normalized spacial score (nSPS) is 12.6. The number of nitrogens with zero attached hydrogens (tertiary/aromatic N) is 2. The third-order valence-corrected chi connectivity index (χ3v) is 4.91. The molecule has 0 saturated heterocycles. The minimum absolute atomic E-state index is 0.0636. The number of aromatic nitrogens is 1. The number of nitrogens with two attached hydrogens (primary N) is 1. The van der Waals surface area contributed by atoms with E-state index in [1.54, 1.807) is 19.3 Å². The SMILES string of the molecule is CCn1cc(S(=O)(=O)N(C)C(C)C)cc1CN. The highest BCUT2D eigenvalue weighted by Gasteiger charge is 2.24. The molecule has 0 spiro atoms. The highest BCUT2D eigenvalue weighted by molar-refractivity contribution is 7.89. The van der Waals surface area contributed by atoms with Crippen molar-refractivity contribution in [2.75, 3.05) is 7.05 Å². The van der Waals surface area contributed by atoms with Crippen molar-refractivity contribution in [1.29, 1.82) is 0 Å². The molecule has 0 aliphatic rings. The quantitative estimate of drug-likeness (QED) is 0.857. The lowest BCUT2D eigenvalue weighted by molar-refractivity contribution is 0.410. The first-order valence-corrected chi connectivity index (χ1v) is 7.15. The summed E-state index contributed by atoms with van der Waals surface area (Å²) in [4.78, 5) is 0.316. The Morgan fingerprint density at radius 1 is 1.47 bits per heavy atom. The number of hydrogen-bond acceptors (Lipinski definition) is 3. The highest BCUT2D eigenvalue weighted by Crippen LogP contribution is 2.19. The zero-order valence-corrected chi connectivity index (χ0v) is 11.7. The summed E-state index contributed by atoms with van der Waals surface area (Å²) in [7, 11) is -1.81. The average molecular weight is 259 g/mol. The van der Waals surface area contributed by atoms with E-state index in [4.69, 9.17) is 5.73 Å². The maximum atomic E-state index is 12.2. The van der Waals surface area contributed by atoms with Crippen LogP contribution in [-0.4, -0.2) is 30.4 Å². The molecule has 0 aliphatic heterocycles. The van der Waals surface area contributed by atoms with Crippen LogP contribution in [0.3, 0.4) is 0 Å². The largest absolute Gasteiger partial charge is 0.349 e. The smallest absolute Gasteiger partial charge is 0.244 e. The van der Waals surface area contributed by atoms with Gasteiger partial charge in [0.1, 0.15) is 4.90 Å². The van der Waals surface area contributed by atoms with Crippen LogP contribution in [0.15, 0.2) is 17.2 Å². The van der Waals surface area contributed by atoms with E-state index >= 15 is 0 Å². The van der Waals surface area contributed by atoms with Gasteiger partial charge in [-0.3, -0.25) is 0 Å². The molecule has 6 heteroatoms. The fourth-order valence-corrected chi connectivity index (χ4v) is 3.01.